The molecule has 0 bridgehead atoms. The summed E-state index contributed by atoms with van der Waals surface area (Å²) in [5.74, 6) is 0.575. The highest BCUT2D eigenvalue weighted by molar-refractivity contribution is 5.95. The first-order chi connectivity index (χ1) is 9.15. The zero-order valence-corrected chi connectivity index (χ0v) is 10.4. The Morgan fingerprint density at radius 1 is 1.74 bits per heavy atom. The minimum Gasteiger partial charge on any atom is -0.296 e. The SMILES string of the molecule is Cc1cc(C#N)cnc1N1CC(CN=[N+]=[N-])CC1=O. The summed E-state index contributed by atoms with van der Waals surface area (Å²) in [7, 11) is 0. The second-order valence-electron chi connectivity index (χ2n) is 4.46. The van der Waals surface area contributed by atoms with E-state index in [9.17, 15) is 4.79 Å². The van der Waals surface area contributed by atoms with Crippen molar-refractivity contribution in [3.8, 4) is 6.07 Å². The van der Waals surface area contributed by atoms with Crippen LogP contribution in [0, 0.1) is 24.2 Å². The van der Waals surface area contributed by atoms with Gasteiger partial charge in [-0.15, -0.1) is 0 Å². The van der Waals surface area contributed by atoms with Crippen LogP contribution in [-0.2, 0) is 4.79 Å². The number of nitrogens with zero attached hydrogens (tertiary/aromatic N) is 6. The van der Waals surface area contributed by atoms with Gasteiger partial charge in [-0.25, -0.2) is 4.98 Å². The highest BCUT2D eigenvalue weighted by atomic mass is 16.2. The number of carbonyl (C=O) groups is 1. The molecule has 1 unspecified atom stereocenters. The van der Waals surface area contributed by atoms with Crippen LogP contribution in [0.1, 0.15) is 17.5 Å². The van der Waals surface area contributed by atoms with E-state index in [-0.39, 0.29) is 11.8 Å². The number of azide groups is 1. The highest BCUT2D eigenvalue weighted by Crippen LogP contribution is 2.26. The van der Waals surface area contributed by atoms with Crippen molar-refractivity contribution in [1.82, 2.24) is 4.98 Å². The largest absolute Gasteiger partial charge is 0.296 e. The van der Waals surface area contributed by atoms with Gasteiger partial charge in [0.25, 0.3) is 0 Å². The smallest absolute Gasteiger partial charge is 0.228 e. The van der Waals surface area contributed by atoms with E-state index in [1.54, 1.807) is 11.0 Å². The molecule has 1 fully saturated rings. The van der Waals surface area contributed by atoms with Crippen LogP contribution in [0.15, 0.2) is 17.4 Å². The van der Waals surface area contributed by atoms with Gasteiger partial charge in [-0.3, -0.25) is 9.69 Å². The number of pyridine rings is 1. The van der Waals surface area contributed by atoms with Crippen molar-refractivity contribution in [3.05, 3.63) is 33.8 Å². The van der Waals surface area contributed by atoms with E-state index in [2.05, 4.69) is 15.0 Å². The summed E-state index contributed by atoms with van der Waals surface area (Å²) in [4.78, 5) is 20.4. The predicted octanol–water partition coefficient (Wildman–Crippen LogP) is 1.92. The summed E-state index contributed by atoms with van der Waals surface area (Å²) in [5.41, 5.74) is 9.55. The number of anilines is 1. The lowest BCUT2D eigenvalue weighted by molar-refractivity contribution is -0.117. The van der Waals surface area contributed by atoms with Crippen LogP contribution in [0.4, 0.5) is 5.82 Å². The molecule has 96 valence electrons. The van der Waals surface area contributed by atoms with Gasteiger partial charge in [-0.2, -0.15) is 5.26 Å². The maximum atomic E-state index is 11.9. The molecule has 0 aromatic carbocycles. The number of amides is 1. The number of aromatic nitrogens is 1. The number of rotatable bonds is 3. The zero-order chi connectivity index (χ0) is 13.8. The molecule has 2 rings (SSSR count). The highest BCUT2D eigenvalue weighted by Gasteiger charge is 2.31. The van der Waals surface area contributed by atoms with Crippen LogP contribution in [0.5, 0.6) is 0 Å². The quantitative estimate of drug-likeness (QED) is 0.468. The van der Waals surface area contributed by atoms with Crippen LogP contribution in [0.25, 0.3) is 10.4 Å². The van der Waals surface area contributed by atoms with E-state index in [0.717, 1.165) is 5.56 Å². The van der Waals surface area contributed by atoms with Crippen molar-refractivity contribution in [2.75, 3.05) is 18.0 Å². The molecular formula is C12H12N6O. The summed E-state index contributed by atoms with van der Waals surface area (Å²) >= 11 is 0. The van der Waals surface area contributed by atoms with Crippen molar-refractivity contribution in [2.24, 2.45) is 11.0 Å². The van der Waals surface area contributed by atoms with Crippen molar-refractivity contribution < 1.29 is 4.79 Å². The summed E-state index contributed by atoms with van der Waals surface area (Å²) in [6.07, 6.45) is 1.82. The van der Waals surface area contributed by atoms with Gasteiger partial charge in [0.05, 0.1) is 5.56 Å². The molecule has 1 aromatic rings. The lowest BCUT2D eigenvalue weighted by atomic mass is 10.1. The Morgan fingerprint density at radius 3 is 3.16 bits per heavy atom. The Hall–Kier alpha value is -2.58. The first-order valence-corrected chi connectivity index (χ1v) is 5.83. The molecule has 0 aliphatic carbocycles. The minimum absolute atomic E-state index is 0.0280. The first kappa shape index (κ1) is 12.9. The topological polar surface area (TPSA) is 106 Å². The average Bonchev–Trinajstić information content (AvgIpc) is 2.77. The Morgan fingerprint density at radius 2 is 2.53 bits per heavy atom. The Labute approximate surface area is 110 Å². The maximum Gasteiger partial charge on any atom is 0.228 e. The van der Waals surface area contributed by atoms with E-state index < -0.39 is 0 Å². The maximum absolute atomic E-state index is 11.9. The van der Waals surface area contributed by atoms with Crippen molar-refractivity contribution in [3.63, 3.8) is 0 Å². The zero-order valence-electron chi connectivity index (χ0n) is 10.4. The number of hydrogen-bond acceptors (Lipinski definition) is 4. The number of hydrogen-bond donors (Lipinski definition) is 0. The van der Waals surface area contributed by atoms with Gasteiger partial charge in [0.2, 0.25) is 5.91 Å². The van der Waals surface area contributed by atoms with Crippen molar-refractivity contribution in [2.45, 2.75) is 13.3 Å². The fourth-order valence-electron chi connectivity index (χ4n) is 2.17. The number of aryl methyl sites for hydroxylation is 1. The van der Waals surface area contributed by atoms with Gasteiger partial charge >= 0.3 is 0 Å². The number of nitriles is 1. The third-order valence-electron chi connectivity index (χ3n) is 3.04. The normalized spacial score (nSPS) is 18.0. The molecule has 0 spiro atoms. The minimum atomic E-state index is -0.0292. The standard InChI is InChI=1S/C12H12N6O/c1-8-2-9(4-13)5-15-12(8)18-7-10(3-11(18)19)6-16-17-14/h2,5,10H,3,6-7H2,1H3. The van der Waals surface area contributed by atoms with Crippen LogP contribution in [0.3, 0.4) is 0 Å². The predicted molar refractivity (Wildman–Crippen MR) is 68.2 cm³/mol. The van der Waals surface area contributed by atoms with E-state index in [1.165, 1.54) is 6.20 Å². The van der Waals surface area contributed by atoms with E-state index in [4.69, 9.17) is 10.8 Å². The van der Waals surface area contributed by atoms with Gasteiger partial charge < -0.3 is 0 Å². The van der Waals surface area contributed by atoms with Gasteiger partial charge in [0, 0.05) is 30.6 Å². The monoisotopic (exact) mass is 256 g/mol. The molecule has 1 aliphatic heterocycles. The second-order valence-corrected chi connectivity index (χ2v) is 4.46. The summed E-state index contributed by atoms with van der Waals surface area (Å²) in [6.45, 7) is 2.63. The van der Waals surface area contributed by atoms with E-state index in [0.29, 0.717) is 30.9 Å². The first-order valence-electron chi connectivity index (χ1n) is 5.83. The van der Waals surface area contributed by atoms with Crippen molar-refractivity contribution >= 4 is 11.7 Å². The molecule has 2 heterocycles. The van der Waals surface area contributed by atoms with Crippen LogP contribution in [0.2, 0.25) is 0 Å². The molecule has 0 radical (unpaired) electrons. The summed E-state index contributed by atoms with van der Waals surface area (Å²) < 4.78 is 0. The second kappa shape index (κ2) is 5.38. The average molecular weight is 256 g/mol. The van der Waals surface area contributed by atoms with E-state index >= 15 is 0 Å². The van der Waals surface area contributed by atoms with Crippen molar-refractivity contribution in [1.29, 1.82) is 5.26 Å². The van der Waals surface area contributed by atoms with Crippen LogP contribution >= 0.6 is 0 Å². The molecule has 1 saturated heterocycles. The molecule has 1 amide bonds. The van der Waals surface area contributed by atoms with E-state index in [1.807, 2.05) is 13.0 Å². The van der Waals surface area contributed by atoms with Crippen LogP contribution < -0.4 is 4.90 Å². The van der Waals surface area contributed by atoms with Gasteiger partial charge in [0.1, 0.15) is 11.9 Å². The van der Waals surface area contributed by atoms with Crippen LogP contribution in [-0.4, -0.2) is 24.0 Å². The fourth-order valence-corrected chi connectivity index (χ4v) is 2.17. The Bertz CT molecular complexity index is 599. The Kier molecular flexibility index (Phi) is 3.64. The number of carbonyl (C=O) groups excluding carboxylic acids is 1. The lowest BCUT2D eigenvalue weighted by Gasteiger charge is -2.17. The lowest BCUT2D eigenvalue weighted by Crippen LogP contribution is -2.26. The summed E-state index contributed by atoms with van der Waals surface area (Å²) in [6, 6.07) is 3.72. The van der Waals surface area contributed by atoms with Gasteiger partial charge in [-0.1, -0.05) is 5.11 Å². The molecule has 1 atom stereocenters. The van der Waals surface area contributed by atoms with Gasteiger partial charge in [0.15, 0.2) is 0 Å². The molecule has 1 aliphatic rings. The van der Waals surface area contributed by atoms with Gasteiger partial charge in [-0.05, 0) is 30.0 Å². The molecule has 1 aromatic heterocycles. The molecule has 19 heavy (non-hydrogen) atoms. The Balaban J connectivity index is 2.21. The summed E-state index contributed by atoms with van der Waals surface area (Å²) in [5, 5.41) is 12.3. The molecular weight excluding hydrogens is 244 g/mol. The third kappa shape index (κ3) is 2.64. The molecule has 0 saturated carbocycles. The molecule has 7 heteroatoms. The fraction of sp³-hybridized carbons (Fsp3) is 0.417. The third-order valence-corrected chi connectivity index (χ3v) is 3.04. The molecule has 0 N–H and O–H groups in total. The molecule has 7 nitrogen and oxygen atoms in total.